The monoisotopic (exact) mass is 574 g/mol. The fraction of sp³-hybridized carbons (Fsp3) is 0.333. The van der Waals surface area contributed by atoms with Crippen LogP contribution in [0.25, 0.3) is 22.4 Å². The van der Waals surface area contributed by atoms with Crippen LogP contribution in [0, 0.1) is 29.2 Å². The number of carbonyl (C=O) groups excluding carboxylic acids is 1. The van der Waals surface area contributed by atoms with E-state index >= 15 is 0 Å². The summed E-state index contributed by atoms with van der Waals surface area (Å²) in [5.74, 6) is -5.27. The second-order valence-corrected chi connectivity index (χ2v) is 10.4. The Morgan fingerprint density at radius 3 is 2.20 bits per heavy atom. The minimum absolute atomic E-state index is 0.000436. The van der Waals surface area contributed by atoms with Gasteiger partial charge in [-0.3, -0.25) is 0 Å². The van der Waals surface area contributed by atoms with Crippen molar-refractivity contribution in [2.45, 2.75) is 44.6 Å². The molecule has 0 aliphatic heterocycles. The highest BCUT2D eigenvalue weighted by Crippen LogP contribution is 2.39. The number of carbonyl (C=O) groups is 1. The molecule has 1 saturated carbocycles. The van der Waals surface area contributed by atoms with Crippen molar-refractivity contribution in [3.8, 4) is 17.1 Å². The molecule has 0 radical (unpaired) electrons. The topological polar surface area (TPSA) is 53.4 Å². The molecule has 0 spiro atoms. The highest BCUT2D eigenvalue weighted by Gasteiger charge is 2.31. The highest BCUT2D eigenvalue weighted by molar-refractivity contribution is 6.30. The van der Waals surface area contributed by atoms with Gasteiger partial charge in [-0.25, -0.2) is 27.3 Å². The fourth-order valence-corrected chi connectivity index (χ4v) is 5.57. The molecule has 10 heteroatoms. The lowest BCUT2D eigenvalue weighted by atomic mass is 9.91. The summed E-state index contributed by atoms with van der Waals surface area (Å²) in [6.07, 6.45) is 5.62. The van der Waals surface area contributed by atoms with E-state index in [2.05, 4.69) is 9.72 Å². The number of nitrogens with zero attached hydrogens (tertiary/aromatic N) is 2. The average Bonchev–Trinajstić information content (AvgIpc) is 3.09. The van der Waals surface area contributed by atoms with Gasteiger partial charge in [-0.1, -0.05) is 37.3 Å². The van der Waals surface area contributed by atoms with E-state index in [-0.39, 0.29) is 23.6 Å². The Bertz CT molecular complexity index is 1510. The molecular weight excluding hydrogens is 548 g/mol. The first kappa shape index (κ1) is 28.0. The number of halogens is 5. The van der Waals surface area contributed by atoms with Crippen molar-refractivity contribution in [1.82, 2.24) is 9.55 Å². The predicted octanol–water partition coefficient (Wildman–Crippen LogP) is 8.29. The van der Waals surface area contributed by atoms with Gasteiger partial charge in [0.15, 0.2) is 29.0 Å². The zero-order chi connectivity index (χ0) is 28.4. The standard InChI is InChI=1S/C30H27ClF4N2O3/c1-39-30(38)19-12-23(34)28(24(35)13-19)40-16-27(17-6-4-2-3-5-7-17)37-26-15-22(33)21(32)14-25(26)36-29(37)18-8-10-20(31)11-9-18/h8-15,17,27H,2-7,16H2,1H3. The maximum atomic E-state index is 14.9. The quantitative estimate of drug-likeness (QED) is 0.127. The SMILES string of the molecule is COC(=O)c1cc(F)c(OCC(C2CCCCCC2)n2c(-c3ccc(Cl)cc3)nc3cc(F)c(F)cc32)c(F)c1. The number of esters is 1. The third-order valence-corrected chi connectivity index (χ3v) is 7.68. The number of hydrogen-bond donors (Lipinski definition) is 0. The summed E-state index contributed by atoms with van der Waals surface area (Å²) in [4.78, 5) is 16.4. The van der Waals surface area contributed by atoms with Crippen LogP contribution in [0.5, 0.6) is 5.75 Å². The van der Waals surface area contributed by atoms with Crippen molar-refractivity contribution < 1.29 is 31.8 Å². The van der Waals surface area contributed by atoms with Gasteiger partial charge in [0.1, 0.15) is 12.4 Å². The first-order valence-electron chi connectivity index (χ1n) is 13.1. The van der Waals surface area contributed by atoms with Gasteiger partial charge in [-0.05, 0) is 55.2 Å². The van der Waals surface area contributed by atoms with Crippen molar-refractivity contribution in [2.24, 2.45) is 5.92 Å². The average molecular weight is 575 g/mol. The van der Waals surface area contributed by atoms with Crippen LogP contribution in [0.1, 0.15) is 54.9 Å². The number of hydrogen-bond acceptors (Lipinski definition) is 4. The Morgan fingerprint density at radius 1 is 0.950 bits per heavy atom. The van der Waals surface area contributed by atoms with Crippen LogP contribution < -0.4 is 4.74 Å². The van der Waals surface area contributed by atoms with E-state index in [1.54, 1.807) is 28.8 Å². The summed E-state index contributed by atoms with van der Waals surface area (Å²) in [6, 6.07) is 10.2. The van der Waals surface area contributed by atoms with Gasteiger partial charge >= 0.3 is 5.97 Å². The Balaban J connectivity index is 1.63. The molecule has 0 N–H and O–H groups in total. The maximum absolute atomic E-state index is 14.9. The Kier molecular flexibility index (Phi) is 8.30. The van der Waals surface area contributed by atoms with E-state index in [0.717, 1.165) is 69.9 Å². The number of methoxy groups -OCH3 is 1. The van der Waals surface area contributed by atoms with Gasteiger partial charge in [0.25, 0.3) is 0 Å². The van der Waals surface area contributed by atoms with Crippen LogP contribution in [-0.4, -0.2) is 29.2 Å². The molecule has 3 aromatic carbocycles. The number of ether oxygens (including phenoxy) is 2. The molecule has 1 aliphatic carbocycles. The number of imidazole rings is 1. The van der Waals surface area contributed by atoms with E-state index < -0.39 is 41.0 Å². The van der Waals surface area contributed by atoms with Gasteiger partial charge in [-0.15, -0.1) is 0 Å². The lowest BCUT2D eigenvalue weighted by Crippen LogP contribution is -2.27. The van der Waals surface area contributed by atoms with Crippen molar-refractivity contribution in [2.75, 3.05) is 13.7 Å². The van der Waals surface area contributed by atoms with E-state index in [4.69, 9.17) is 16.3 Å². The van der Waals surface area contributed by atoms with Crippen LogP contribution in [-0.2, 0) is 4.74 Å². The van der Waals surface area contributed by atoms with Crippen LogP contribution in [0.2, 0.25) is 5.02 Å². The Hall–Kier alpha value is -3.59. The summed E-state index contributed by atoms with van der Waals surface area (Å²) in [6.45, 7) is -0.179. The molecular formula is C30H27ClF4N2O3. The minimum Gasteiger partial charge on any atom is -0.485 e. The van der Waals surface area contributed by atoms with Gasteiger partial charge in [0.05, 0.1) is 29.7 Å². The van der Waals surface area contributed by atoms with Crippen molar-refractivity contribution in [3.63, 3.8) is 0 Å². The van der Waals surface area contributed by atoms with E-state index in [1.807, 2.05) is 0 Å². The fourth-order valence-electron chi connectivity index (χ4n) is 5.45. The third kappa shape index (κ3) is 5.66. The highest BCUT2D eigenvalue weighted by atomic mass is 35.5. The third-order valence-electron chi connectivity index (χ3n) is 7.43. The number of benzene rings is 3. The van der Waals surface area contributed by atoms with E-state index in [0.29, 0.717) is 21.9 Å². The molecule has 210 valence electrons. The molecule has 40 heavy (non-hydrogen) atoms. The summed E-state index contributed by atoms with van der Waals surface area (Å²) in [5, 5.41) is 0.508. The van der Waals surface area contributed by atoms with Gasteiger partial charge in [-0.2, -0.15) is 0 Å². The van der Waals surface area contributed by atoms with Crippen molar-refractivity contribution in [3.05, 3.63) is 82.4 Å². The molecule has 0 amide bonds. The molecule has 1 unspecified atom stereocenters. The Morgan fingerprint density at radius 2 is 1.57 bits per heavy atom. The molecule has 1 fully saturated rings. The normalized spacial score (nSPS) is 15.2. The van der Waals surface area contributed by atoms with Crippen molar-refractivity contribution in [1.29, 1.82) is 0 Å². The number of rotatable bonds is 7. The molecule has 5 rings (SSSR count). The predicted molar refractivity (Wildman–Crippen MR) is 144 cm³/mol. The van der Waals surface area contributed by atoms with Crippen LogP contribution in [0.3, 0.4) is 0 Å². The summed E-state index contributed by atoms with van der Waals surface area (Å²) >= 11 is 6.10. The largest absolute Gasteiger partial charge is 0.485 e. The smallest absolute Gasteiger partial charge is 0.338 e. The van der Waals surface area contributed by atoms with Gasteiger partial charge in [0, 0.05) is 22.7 Å². The minimum atomic E-state index is -1.05. The first-order valence-corrected chi connectivity index (χ1v) is 13.5. The lowest BCUT2D eigenvalue weighted by molar-refractivity contribution is 0.0599. The molecule has 1 heterocycles. The van der Waals surface area contributed by atoms with Crippen LogP contribution in [0.15, 0.2) is 48.5 Å². The molecule has 0 saturated heterocycles. The zero-order valence-electron chi connectivity index (χ0n) is 21.7. The maximum Gasteiger partial charge on any atom is 0.338 e. The van der Waals surface area contributed by atoms with E-state index in [9.17, 15) is 22.4 Å². The van der Waals surface area contributed by atoms with Gasteiger partial charge in [0.2, 0.25) is 0 Å². The van der Waals surface area contributed by atoms with Crippen molar-refractivity contribution >= 4 is 28.6 Å². The first-order chi connectivity index (χ1) is 19.3. The lowest BCUT2D eigenvalue weighted by Gasteiger charge is -2.30. The van der Waals surface area contributed by atoms with Gasteiger partial charge < -0.3 is 14.0 Å². The zero-order valence-corrected chi connectivity index (χ0v) is 22.5. The second-order valence-electron chi connectivity index (χ2n) is 9.96. The molecule has 1 aromatic heterocycles. The van der Waals surface area contributed by atoms with E-state index in [1.165, 1.54) is 0 Å². The van der Waals surface area contributed by atoms with Crippen LogP contribution >= 0.6 is 11.6 Å². The molecule has 0 bridgehead atoms. The molecule has 5 nitrogen and oxygen atoms in total. The number of aromatic nitrogens is 2. The van der Waals surface area contributed by atoms with Crippen LogP contribution in [0.4, 0.5) is 17.6 Å². The number of fused-ring (bicyclic) bond motifs is 1. The molecule has 1 aliphatic rings. The molecule has 4 aromatic rings. The molecule has 1 atom stereocenters. The Labute approximate surface area is 233 Å². The summed E-state index contributed by atoms with van der Waals surface area (Å²) in [7, 11) is 1.11. The summed E-state index contributed by atoms with van der Waals surface area (Å²) in [5.41, 5.74) is 0.944. The second kappa shape index (κ2) is 11.9. The summed E-state index contributed by atoms with van der Waals surface area (Å²) < 4.78 is 70.8.